The van der Waals surface area contributed by atoms with Crippen LogP contribution in [0.3, 0.4) is 0 Å². The number of halogens is 1. The molecular weight excluding hydrogens is 411 g/mol. The maximum atomic E-state index is 13.1. The van der Waals surface area contributed by atoms with Gasteiger partial charge in [-0.1, -0.05) is 42.5 Å². The molecule has 0 unspecified atom stereocenters. The highest BCUT2D eigenvalue weighted by atomic mass is 19.1. The fraction of sp³-hybridized carbons (Fsp3) is 0.0870. The number of hydrogen-bond acceptors (Lipinski definition) is 5. The molecule has 2 amide bonds. The van der Waals surface area contributed by atoms with Crippen molar-refractivity contribution in [2.75, 3.05) is 10.6 Å². The predicted molar refractivity (Wildman–Crippen MR) is 117 cm³/mol. The van der Waals surface area contributed by atoms with E-state index < -0.39 is 5.91 Å². The van der Waals surface area contributed by atoms with E-state index in [4.69, 9.17) is 0 Å². The molecule has 0 saturated carbocycles. The second-order valence-electron chi connectivity index (χ2n) is 6.95. The minimum atomic E-state index is -0.391. The summed E-state index contributed by atoms with van der Waals surface area (Å²) in [5.74, 6) is -0.668. The van der Waals surface area contributed by atoms with Crippen LogP contribution in [-0.2, 0) is 22.6 Å². The number of carbonyl (C=O) groups excluding carboxylic acids is 2. The summed E-state index contributed by atoms with van der Waals surface area (Å²) >= 11 is 0. The first-order valence-corrected chi connectivity index (χ1v) is 9.83. The molecule has 2 N–H and O–H groups in total. The van der Waals surface area contributed by atoms with Crippen LogP contribution in [0.5, 0.6) is 0 Å². The SMILES string of the molecule is O=C(Cc1ccccc1)Nc1ccccc1NC(=O)Cn1nnc(-c2ccc(F)cc2)n1. The number of anilines is 2. The molecule has 0 fully saturated rings. The highest BCUT2D eigenvalue weighted by molar-refractivity contribution is 6.00. The van der Waals surface area contributed by atoms with Crippen LogP contribution in [0, 0.1) is 5.82 Å². The molecule has 4 aromatic rings. The zero-order valence-corrected chi connectivity index (χ0v) is 16.9. The van der Waals surface area contributed by atoms with Crippen molar-refractivity contribution in [1.82, 2.24) is 20.2 Å². The highest BCUT2D eigenvalue weighted by Crippen LogP contribution is 2.21. The first-order chi connectivity index (χ1) is 15.6. The molecule has 1 aromatic heterocycles. The molecule has 0 aliphatic rings. The Hall–Kier alpha value is -4.40. The van der Waals surface area contributed by atoms with E-state index in [1.165, 1.54) is 24.3 Å². The van der Waals surface area contributed by atoms with Crippen molar-refractivity contribution in [3.63, 3.8) is 0 Å². The van der Waals surface area contributed by atoms with E-state index in [0.29, 0.717) is 16.9 Å². The van der Waals surface area contributed by atoms with Gasteiger partial charge in [0.05, 0.1) is 17.8 Å². The van der Waals surface area contributed by atoms with Crippen molar-refractivity contribution in [1.29, 1.82) is 0 Å². The lowest BCUT2D eigenvalue weighted by Crippen LogP contribution is -2.22. The van der Waals surface area contributed by atoms with Gasteiger partial charge in [-0.25, -0.2) is 4.39 Å². The quantitative estimate of drug-likeness (QED) is 0.468. The van der Waals surface area contributed by atoms with Crippen molar-refractivity contribution < 1.29 is 14.0 Å². The Morgan fingerprint density at radius 1 is 0.812 bits per heavy atom. The standard InChI is InChI=1S/C23H19FN6O2/c24-18-12-10-17(11-13-18)23-27-29-30(28-23)15-22(32)26-20-9-5-4-8-19(20)25-21(31)14-16-6-2-1-3-7-16/h1-13H,14-15H2,(H,25,31)(H,26,32). The van der Waals surface area contributed by atoms with Gasteiger partial charge in [0, 0.05) is 5.56 Å². The molecule has 160 valence electrons. The fourth-order valence-electron chi connectivity index (χ4n) is 3.02. The third kappa shape index (κ3) is 5.39. The van der Waals surface area contributed by atoms with E-state index in [0.717, 1.165) is 10.4 Å². The van der Waals surface area contributed by atoms with Crippen LogP contribution in [0.15, 0.2) is 78.9 Å². The first kappa shape index (κ1) is 20.9. The summed E-state index contributed by atoms with van der Waals surface area (Å²) in [5.41, 5.74) is 2.42. The van der Waals surface area contributed by atoms with E-state index in [-0.39, 0.29) is 30.5 Å². The van der Waals surface area contributed by atoms with E-state index in [1.54, 1.807) is 24.3 Å². The molecular formula is C23H19FN6O2. The lowest BCUT2D eigenvalue weighted by Gasteiger charge is -2.12. The maximum Gasteiger partial charge on any atom is 0.248 e. The van der Waals surface area contributed by atoms with Gasteiger partial charge in [0.2, 0.25) is 17.6 Å². The Balaban J connectivity index is 1.38. The van der Waals surface area contributed by atoms with Crippen molar-refractivity contribution in [2.45, 2.75) is 13.0 Å². The van der Waals surface area contributed by atoms with Crippen molar-refractivity contribution in [3.05, 3.63) is 90.2 Å². The maximum absolute atomic E-state index is 13.1. The van der Waals surface area contributed by atoms with Gasteiger partial charge in [-0.2, -0.15) is 4.80 Å². The van der Waals surface area contributed by atoms with Crippen molar-refractivity contribution >= 4 is 23.2 Å². The number of carbonyl (C=O) groups is 2. The van der Waals surface area contributed by atoms with Gasteiger partial charge in [0.15, 0.2) is 0 Å². The van der Waals surface area contributed by atoms with Gasteiger partial charge in [-0.3, -0.25) is 9.59 Å². The third-order valence-electron chi connectivity index (χ3n) is 4.52. The minimum Gasteiger partial charge on any atom is -0.324 e. The first-order valence-electron chi connectivity index (χ1n) is 9.83. The van der Waals surface area contributed by atoms with E-state index >= 15 is 0 Å². The molecule has 0 aliphatic carbocycles. The van der Waals surface area contributed by atoms with Gasteiger partial charge in [-0.05, 0) is 47.2 Å². The molecule has 0 saturated heterocycles. The molecule has 8 nitrogen and oxygen atoms in total. The summed E-state index contributed by atoms with van der Waals surface area (Å²) in [6, 6.07) is 22.0. The number of amides is 2. The van der Waals surface area contributed by atoms with E-state index in [2.05, 4.69) is 26.0 Å². The Morgan fingerprint density at radius 2 is 1.44 bits per heavy atom. The summed E-state index contributed by atoms with van der Waals surface area (Å²) < 4.78 is 13.1. The number of nitrogens with zero attached hydrogens (tertiary/aromatic N) is 4. The van der Waals surface area contributed by atoms with Crippen LogP contribution in [-0.4, -0.2) is 32.0 Å². The van der Waals surface area contributed by atoms with Crippen LogP contribution < -0.4 is 10.6 Å². The van der Waals surface area contributed by atoms with Crippen LogP contribution in [0.1, 0.15) is 5.56 Å². The number of para-hydroxylation sites is 2. The van der Waals surface area contributed by atoms with Gasteiger partial charge in [-0.15, -0.1) is 10.2 Å². The minimum absolute atomic E-state index is 0.180. The monoisotopic (exact) mass is 430 g/mol. The summed E-state index contributed by atoms with van der Waals surface area (Å²) in [5, 5.41) is 17.5. The molecule has 0 bridgehead atoms. The normalized spacial score (nSPS) is 10.5. The fourth-order valence-corrected chi connectivity index (χ4v) is 3.02. The van der Waals surface area contributed by atoms with Crippen molar-refractivity contribution in [2.24, 2.45) is 0 Å². The van der Waals surface area contributed by atoms with Crippen LogP contribution >= 0.6 is 0 Å². The molecule has 0 aliphatic heterocycles. The number of nitrogens with one attached hydrogen (secondary N) is 2. The molecule has 32 heavy (non-hydrogen) atoms. The summed E-state index contributed by atoms with van der Waals surface area (Å²) in [6.45, 7) is -0.180. The highest BCUT2D eigenvalue weighted by Gasteiger charge is 2.13. The topological polar surface area (TPSA) is 102 Å². The molecule has 0 spiro atoms. The van der Waals surface area contributed by atoms with Crippen LogP contribution in [0.2, 0.25) is 0 Å². The Kier molecular flexibility index (Phi) is 6.26. The average Bonchev–Trinajstić information content (AvgIpc) is 3.24. The van der Waals surface area contributed by atoms with Crippen molar-refractivity contribution in [3.8, 4) is 11.4 Å². The number of aromatic nitrogens is 4. The number of hydrogen-bond donors (Lipinski definition) is 2. The van der Waals surface area contributed by atoms with Gasteiger partial charge in [0.1, 0.15) is 12.4 Å². The Labute approximate surface area is 183 Å². The lowest BCUT2D eigenvalue weighted by molar-refractivity contribution is -0.117. The molecule has 1 heterocycles. The number of rotatable bonds is 7. The molecule has 4 rings (SSSR count). The Bertz CT molecular complexity index is 1220. The number of benzene rings is 3. The number of tetrazole rings is 1. The second kappa shape index (κ2) is 9.61. The smallest absolute Gasteiger partial charge is 0.248 e. The zero-order chi connectivity index (χ0) is 22.3. The molecule has 3 aromatic carbocycles. The Morgan fingerprint density at radius 3 is 2.12 bits per heavy atom. The van der Waals surface area contributed by atoms with Crippen LogP contribution in [0.25, 0.3) is 11.4 Å². The summed E-state index contributed by atoms with van der Waals surface area (Å²) in [6.07, 6.45) is 0.220. The molecule has 0 atom stereocenters. The lowest BCUT2D eigenvalue weighted by atomic mass is 10.1. The average molecular weight is 430 g/mol. The van der Waals surface area contributed by atoms with Gasteiger partial charge in [0.25, 0.3) is 0 Å². The molecule has 0 radical (unpaired) electrons. The van der Waals surface area contributed by atoms with E-state index in [9.17, 15) is 14.0 Å². The second-order valence-corrected chi connectivity index (χ2v) is 6.95. The van der Waals surface area contributed by atoms with E-state index in [1.807, 2.05) is 30.3 Å². The molecule has 9 heteroatoms. The summed E-state index contributed by atoms with van der Waals surface area (Å²) in [4.78, 5) is 26.0. The van der Waals surface area contributed by atoms with Gasteiger partial charge < -0.3 is 10.6 Å². The van der Waals surface area contributed by atoms with Gasteiger partial charge >= 0.3 is 0 Å². The largest absolute Gasteiger partial charge is 0.324 e. The third-order valence-corrected chi connectivity index (χ3v) is 4.52. The zero-order valence-electron chi connectivity index (χ0n) is 16.9. The van der Waals surface area contributed by atoms with Crippen LogP contribution in [0.4, 0.5) is 15.8 Å². The summed E-state index contributed by atoms with van der Waals surface area (Å²) in [7, 11) is 0. The predicted octanol–water partition coefficient (Wildman–Crippen LogP) is 3.30.